The second-order valence-electron chi connectivity index (χ2n) is 5.30. The number of hydrogen-bond acceptors (Lipinski definition) is 7. The van der Waals surface area contributed by atoms with E-state index in [-0.39, 0.29) is 0 Å². The fourth-order valence-electron chi connectivity index (χ4n) is 2.63. The zero-order chi connectivity index (χ0) is 15.9. The minimum absolute atomic E-state index is 0.321. The number of benzene rings is 1. The summed E-state index contributed by atoms with van der Waals surface area (Å²) < 4.78 is 10.5. The smallest absolute Gasteiger partial charge is 0.336 e. The van der Waals surface area contributed by atoms with Gasteiger partial charge in [-0.1, -0.05) is 12.1 Å². The summed E-state index contributed by atoms with van der Waals surface area (Å²) in [5.41, 5.74) is 0.291. The first kappa shape index (κ1) is 15.1. The molecular weight excluding hydrogens is 292 g/mol. The molecule has 1 aromatic heterocycles. The predicted octanol–water partition coefficient (Wildman–Crippen LogP) is -0.692. The van der Waals surface area contributed by atoms with E-state index in [0.717, 1.165) is 0 Å². The summed E-state index contributed by atoms with van der Waals surface area (Å²) in [5, 5.41) is 39.6. The molecule has 1 aliphatic heterocycles. The summed E-state index contributed by atoms with van der Waals surface area (Å²) in [4.78, 5) is 11.3. The van der Waals surface area contributed by atoms with Gasteiger partial charge in [-0.05, 0) is 17.7 Å². The molecule has 1 aromatic carbocycles. The first-order valence-electron chi connectivity index (χ1n) is 6.85. The number of aliphatic hydroxyl groups excluding tert-OH is 4. The lowest BCUT2D eigenvalue weighted by atomic mass is 9.91. The van der Waals surface area contributed by atoms with Crippen molar-refractivity contribution in [2.45, 2.75) is 30.5 Å². The first-order chi connectivity index (χ1) is 10.5. The van der Waals surface area contributed by atoms with Crippen molar-refractivity contribution in [2.75, 3.05) is 6.61 Å². The van der Waals surface area contributed by atoms with Gasteiger partial charge in [0.05, 0.1) is 6.61 Å². The zero-order valence-corrected chi connectivity index (χ0v) is 11.5. The van der Waals surface area contributed by atoms with E-state index in [0.29, 0.717) is 16.5 Å². The van der Waals surface area contributed by atoms with Crippen molar-refractivity contribution in [3.63, 3.8) is 0 Å². The van der Waals surface area contributed by atoms with Crippen LogP contribution in [0.2, 0.25) is 0 Å². The van der Waals surface area contributed by atoms with E-state index >= 15 is 0 Å². The molecule has 2 aromatic rings. The van der Waals surface area contributed by atoms with Gasteiger partial charge in [-0.2, -0.15) is 0 Å². The molecule has 118 valence electrons. The lowest BCUT2D eigenvalue weighted by Crippen LogP contribution is -2.55. The van der Waals surface area contributed by atoms with Crippen LogP contribution in [0.5, 0.6) is 0 Å². The molecule has 1 aliphatic rings. The molecular formula is C15H16O7. The van der Waals surface area contributed by atoms with E-state index in [2.05, 4.69) is 0 Å². The highest BCUT2D eigenvalue weighted by atomic mass is 16.5. The van der Waals surface area contributed by atoms with Crippen LogP contribution >= 0.6 is 0 Å². The van der Waals surface area contributed by atoms with Crippen molar-refractivity contribution >= 4 is 11.0 Å². The minimum atomic E-state index is -1.45. The van der Waals surface area contributed by atoms with Crippen molar-refractivity contribution in [1.29, 1.82) is 0 Å². The Labute approximate surface area is 125 Å². The largest absolute Gasteiger partial charge is 0.423 e. The Balaban J connectivity index is 2.00. The van der Waals surface area contributed by atoms with Gasteiger partial charge < -0.3 is 29.6 Å². The van der Waals surface area contributed by atoms with Gasteiger partial charge in [0, 0.05) is 11.5 Å². The normalized spacial score (nSPS) is 32.3. The van der Waals surface area contributed by atoms with Crippen LogP contribution in [0.15, 0.2) is 39.5 Å². The maximum Gasteiger partial charge on any atom is 0.336 e. The van der Waals surface area contributed by atoms with E-state index in [1.807, 2.05) is 0 Å². The summed E-state index contributed by atoms with van der Waals surface area (Å²) in [5.74, 6) is 0. The first-order valence-corrected chi connectivity index (χ1v) is 6.85. The Morgan fingerprint density at radius 2 is 1.73 bits per heavy atom. The molecule has 0 amide bonds. The third kappa shape index (κ3) is 2.53. The molecule has 0 radical (unpaired) electrons. The van der Waals surface area contributed by atoms with Crippen molar-refractivity contribution < 1.29 is 29.6 Å². The highest BCUT2D eigenvalue weighted by Gasteiger charge is 2.43. The summed E-state index contributed by atoms with van der Waals surface area (Å²) >= 11 is 0. The fraction of sp³-hybridized carbons (Fsp3) is 0.400. The lowest BCUT2D eigenvalue weighted by molar-refractivity contribution is -0.231. The molecule has 1 fully saturated rings. The van der Waals surface area contributed by atoms with Gasteiger partial charge in [0.15, 0.2) is 0 Å². The number of ether oxygens (including phenoxy) is 1. The minimum Gasteiger partial charge on any atom is -0.423 e. The molecule has 4 N–H and O–H groups in total. The number of rotatable bonds is 2. The molecule has 0 spiro atoms. The van der Waals surface area contributed by atoms with Crippen LogP contribution in [0, 0.1) is 0 Å². The highest BCUT2D eigenvalue weighted by molar-refractivity contribution is 5.77. The molecule has 0 aliphatic carbocycles. The van der Waals surface area contributed by atoms with Gasteiger partial charge in [0.2, 0.25) is 0 Å². The average molecular weight is 308 g/mol. The Bertz CT molecular complexity index is 723. The van der Waals surface area contributed by atoms with Crippen molar-refractivity contribution in [3.05, 3.63) is 46.3 Å². The molecule has 5 atom stereocenters. The maximum absolute atomic E-state index is 11.3. The molecule has 22 heavy (non-hydrogen) atoms. The topological polar surface area (TPSA) is 120 Å². The van der Waals surface area contributed by atoms with Crippen LogP contribution in [0.4, 0.5) is 0 Å². The van der Waals surface area contributed by atoms with Crippen LogP contribution in [-0.4, -0.2) is 51.4 Å². The van der Waals surface area contributed by atoms with Crippen molar-refractivity contribution in [1.82, 2.24) is 0 Å². The third-order valence-electron chi connectivity index (χ3n) is 3.87. The quantitative estimate of drug-likeness (QED) is 0.542. The monoisotopic (exact) mass is 308 g/mol. The summed E-state index contributed by atoms with van der Waals surface area (Å²) in [6.07, 6.45) is -6.16. The average Bonchev–Trinajstić information content (AvgIpc) is 2.52. The van der Waals surface area contributed by atoms with Gasteiger partial charge in [-0.15, -0.1) is 0 Å². The van der Waals surface area contributed by atoms with Crippen LogP contribution in [0.3, 0.4) is 0 Å². The van der Waals surface area contributed by atoms with Crippen molar-refractivity contribution in [2.24, 2.45) is 0 Å². The molecule has 2 heterocycles. The van der Waals surface area contributed by atoms with E-state index in [9.17, 15) is 25.2 Å². The predicted molar refractivity (Wildman–Crippen MR) is 75.2 cm³/mol. The van der Waals surface area contributed by atoms with Crippen LogP contribution in [0.1, 0.15) is 11.7 Å². The number of aliphatic hydroxyl groups is 4. The number of hydrogen-bond donors (Lipinski definition) is 4. The van der Waals surface area contributed by atoms with Gasteiger partial charge in [0.1, 0.15) is 36.1 Å². The molecule has 3 rings (SSSR count). The van der Waals surface area contributed by atoms with E-state index in [1.165, 1.54) is 12.1 Å². The maximum atomic E-state index is 11.3. The van der Waals surface area contributed by atoms with Crippen LogP contribution in [-0.2, 0) is 4.74 Å². The Kier molecular flexibility index (Phi) is 3.98. The SMILES string of the molecule is O=c1ccc2ccc(C3OC(CO)C(O)C(O)C3O)cc2o1. The fourth-order valence-corrected chi connectivity index (χ4v) is 2.63. The van der Waals surface area contributed by atoms with Gasteiger partial charge >= 0.3 is 5.63 Å². The molecule has 0 saturated carbocycles. The van der Waals surface area contributed by atoms with E-state index < -0.39 is 42.8 Å². The Morgan fingerprint density at radius 3 is 2.45 bits per heavy atom. The Hall–Kier alpha value is -1.77. The van der Waals surface area contributed by atoms with Gasteiger partial charge in [-0.25, -0.2) is 4.79 Å². The van der Waals surface area contributed by atoms with Crippen LogP contribution < -0.4 is 5.63 Å². The van der Waals surface area contributed by atoms with Gasteiger partial charge in [0.25, 0.3) is 0 Å². The molecule has 7 heteroatoms. The molecule has 5 unspecified atom stereocenters. The van der Waals surface area contributed by atoms with E-state index in [4.69, 9.17) is 9.15 Å². The van der Waals surface area contributed by atoms with E-state index in [1.54, 1.807) is 18.2 Å². The summed E-state index contributed by atoms with van der Waals surface area (Å²) in [6, 6.07) is 7.79. The summed E-state index contributed by atoms with van der Waals surface area (Å²) in [6.45, 7) is -0.496. The third-order valence-corrected chi connectivity index (χ3v) is 3.87. The second-order valence-corrected chi connectivity index (χ2v) is 5.30. The van der Waals surface area contributed by atoms with Gasteiger partial charge in [-0.3, -0.25) is 0 Å². The Morgan fingerprint density at radius 1 is 1.00 bits per heavy atom. The molecule has 7 nitrogen and oxygen atoms in total. The molecule has 0 bridgehead atoms. The summed E-state index contributed by atoms with van der Waals surface area (Å²) in [7, 11) is 0. The lowest BCUT2D eigenvalue weighted by Gasteiger charge is -2.40. The zero-order valence-electron chi connectivity index (χ0n) is 11.5. The standard InChI is InChI=1S/C15H16O7/c16-6-10-12(18)13(19)14(20)15(22-10)8-2-1-7-3-4-11(17)21-9(7)5-8/h1-5,10,12-16,18-20H,6H2. The highest BCUT2D eigenvalue weighted by Crippen LogP contribution is 2.33. The molecule has 1 saturated heterocycles. The second kappa shape index (κ2) is 5.79. The number of fused-ring (bicyclic) bond motifs is 1. The van der Waals surface area contributed by atoms with Crippen molar-refractivity contribution in [3.8, 4) is 0 Å². The van der Waals surface area contributed by atoms with Crippen LogP contribution in [0.25, 0.3) is 11.0 Å².